The molecule has 0 radical (unpaired) electrons. The quantitative estimate of drug-likeness (QED) is 0.621. The first kappa shape index (κ1) is 18.6. The molecule has 27 heavy (non-hydrogen) atoms. The van der Waals surface area contributed by atoms with Gasteiger partial charge in [0.2, 0.25) is 0 Å². The van der Waals surface area contributed by atoms with E-state index in [4.69, 9.17) is 16.1 Å². The SMILES string of the molecule is C#C/C=C\C(C#Cc1ccc2c(=O)n3c(nc2c1)CC(CCOC)C3)=NC. The molecular formula is C22H21N3O2. The second-order valence-electron chi connectivity index (χ2n) is 6.39. The normalized spacial score (nSPS) is 16.2. The molecule has 5 nitrogen and oxygen atoms in total. The first-order valence-corrected chi connectivity index (χ1v) is 8.80. The fraction of sp³-hybridized carbons (Fsp3) is 0.318. The molecule has 1 atom stereocenters. The maximum Gasteiger partial charge on any atom is 0.261 e. The van der Waals surface area contributed by atoms with Crippen LogP contribution in [-0.2, 0) is 17.7 Å². The summed E-state index contributed by atoms with van der Waals surface area (Å²) in [5, 5.41) is 0.619. The second-order valence-corrected chi connectivity index (χ2v) is 6.39. The molecule has 0 fully saturated rings. The highest BCUT2D eigenvalue weighted by molar-refractivity contribution is 6.09. The summed E-state index contributed by atoms with van der Waals surface area (Å²) in [5.74, 6) is 9.68. The van der Waals surface area contributed by atoms with E-state index in [-0.39, 0.29) is 5.56 Å². The van der Waals surface area contributed by atoms with E-state index in [1.54, 1.807) is 36.9 Å². The summed E-state index contributed by atoms with van der Waals surface area (Å²) >= 11 is 0. The minimum Gasteiger partial charge on any atom is -0.385 e. The number of hydrogen-bond donors (Lipinski definition) is 0. The highest BCUT2D eigenvalue weighted by Crippen LogP contribution is 2.22. The lowest BCUT2D eigenvalue weighted by atomic mass is 10.1. The van der Waals surface area contributed by atoms with Gasteiger partial charge in [-0.05, 0) is 48.6 Å². The lowest BCUT2D eigenvalue weighted by molar-refractivity contribution is 0.177. The fourth-order valence-corrected chi connectivity index (χ4v) is 3.18. The Morgan fingerprint density at radius 1 is 1.52 bits per heavy atom. The molecule has 0 spiro atoms. The average molecular weight is 359 g/mol. The summed E-state index contributed by atoms with van der Waals surface area (Å²) in [6.45, 7) is 1.40. The van der Waals surface area contributed by atoms with Gasteiger partial charge in [0.25, 0.3) is 5.56 Å². The highest BCUT2D eigenvalue weighted by Gasteiger charge is 2.24. The maximum atomic E-state index is 12.8. The van der Waals surface area contributed by atoms with Crippen molar-refractivity contribution in [1.29, 1.82) is 0 Å². The van der Waals surface area contributed by atoms with Gasteiger partial charge in [-0.1, -0.05) is 11.8 Å². The van der Waals surface area contributed by atoms with Crippen molar-refractivity contribution < 1.29 is 4.74 Å². The van der Waals surface area contributed by atoms with Crippen molar-refractivity contribution in [3.05, 3.63) is 52.1 Å². The van der Waals surface area contributed by atoms with E-state index in [0.29, 0.717) is 35.7 Å². The lowest BCUT2D eigenvalue weighted by Gasteiger charge is -2.06. The molecule has 0 saturated heterocycles. The van der Waals surface area contributed by atoms with E-state index < -0.39 is 0 Å². The van der Waals surface area contributed by atoms with Gasteiger partial charge in [-0.25, -0.2) is 4.98 Å². The van der Waals surface area contributed by atoms with Gasteiger partial charge in [0, 0.05) is 39.3 Å². The third-order valence-electron chi connectivity index (χ3n) is 4.59. The Bertz CT molecular complexity index is 1070. The summed E-state index contributed by atoms with van der Waals surface area (Å²) in [5.41, 5.74) is 2.07. The monoisotopic (exact) mass is 359 g/mol. The number of rotatable bonds is 4. The summed E-state index contributed by atoms with van der Waals surface area (Å²) in [6.07, 6.45) is 10.2. The molecule has 1 unspecified atom stereocenters. The molecule has 3 rings (SSSR count). The van der Waals surface area contributed by atoms with E-state index in [0.717, 1.165) is 24.2 Å². The average Bonchev–Trinajstić information content (AvgIpc) is 3.09. The first-order chi connectivity index (χ1) is 13.2. The Morgan fingerprint density at radius 3 is 3.11 bits per heavy atom. The molecule has 0 aliphatic carbocycles. The Hall–Kier alpha value is -3.15. The predicted octanol–water partition coefficient (Wildman–Crippen LogP) is 2.22. The molecule has 1 aromatic heterocycles. The van der Waals surface area contributed by atoms with E-state index in [2.05, 4.69) is 22.8 Å². The number of allylic oxidation sites excluding steroid dienone is 2. The third-order valence-corrected chi connectivity index (χ3v) is 4.59. The molecule has 5 heteroatoms. The van der Waals surface area contributed by atoms with Gasteiger partial charge in [-0.15, -0.1) is 6.42 Å². The van der Waals surface area contributed by atoms with Crippen molar-refractivity contribution in [1.82, 2.24) is 9.55 Å². The molecule has 2 heterocycles. The van der Waals surface area contributed by atoms with Crippen LogP contribution in [0.2, 0.25) is 0 Å². The largest absolute Gasteiger partial charge is 0.385 e. The number of terminal acetylenes is 1. The van der Waals surface area contributed by atoms with Gasteiger partial charge in [0.05, 0.1) is 10.9 Å². The van der Waals surface area contributed by atoms with E-state index in [1.807, 2.05) is 12.1 Å². The number of benzene rings is 1. The molecule has 0 bridgehead atoms. The van der Waals surface area contributed by atoms with Gasteiger partial charge >= 0.3 is 0 Å². The number of aliphatic imine (C=N–C) groups is 1. The molecule has 1 aromatic carbocycles. The summed E-state index contributed by atoms with van der Waals surface area (Å²) in [6, 6.07) is 5.48. The predicted molar refractivity (Wildman–Crippen MR) is 108 cm³/mol. The van der Waals surface area contributed by atoms with Crippen molar-refractivity contribution in [2.45, 2.75) is 19.4 Å². The molecule has 1 aliphatic rings. The number of methoxy groups -OCH3 is 1. The number of nitrogens with zero attached hydrogens (tertiary/aromatic N) is 3. The first-order valence-electron chi connectivity index (χ1n) is 8.80. The molecule has 0 N–H and O–H groups in total. The summed E-state index contributed by atoms with van der Waals surface area (Å²) in [4.78, 5) is 21.6. The summed E-state index contributed by atoms with van der Waals surface area (Å²) < 4.78 is 6.95. The van der Waals surface area contributed by atoms with Crippen LogP contribution >= 0.6 is 0 Å². The van der Waals surface area contributed by atoms with Crippen LogP contribution in [0.15, 0.2) is 40.1 Å². The zero-order chi connectivity index (χ0) is 19.2. The van der Waals surface area contributed by atoms with Crippen LogP contribution in [0.1, 0.15) is 17.8 Å². The van der Waals surface area contributed by atoms with Gasteiger partial charge in [-0.3, -0.25) is 14.4 Å². The van der Waals surface area contributed by atoms with Crippen molar-refractivity contribution in [3.63, 3.8) is 0 Å². The highest BCUT2D eigenvalue weighted by atomic mass is 16.5. The van der Waals surface area contributed by atoms with Crippen molar-refractivity contribution >= 4 is 16.6 Å². The fourth-order valence-electron chi connectivity index (χ4n) is 3.18. The Morgan fingerprint density at radius 2 is 2.37 bits per heavy atom. The van der Waals surface area contributed by atoms with Crippen molar-refractivity contribution in [2.75, 3.05) is 20.8 Å². The van der Waals surface area contributed by atoms with Crippen LogP contribution in [0.5, 0.6) is 0 Å². The second kappa shape index (κ2) is 8.49. The molecule has 2 aromatic rings. The Balaban J connectivity index is 1.92. The van der Waals surface area contributed by atoms with E-state index >= 15 is 0 Å². The number of fused-ring (bicyclic) bond motifs is 2. The van der Waals surface area contributed by atoms with Crippen molar-refractivity contribution in [2.24, 2.45) is 10.9 Å². The van der Waals surface area contributed by atoms with Crippen molar-refractivity contribution in [3.8, 4) is 24.2 Å². The van der Waals surface area contributed by atoms with Gasteiger partial charge in [0.15, 0.2) is 0 Å². The van der Waals surface area contributed by atoms with Crippen LogP contribution in [-0.4, -0.2) is 36.0 Å². The molecule has 1 aliphatic heterocycles. The minimum atomic E-state index is 0.0159. The number of ether oxygens (including phenoxy) is 1. The zero-order valence-corrected chi connectivity index (χ0v) is 15.5. The van der Waals surface area contributed by atoms with Gasteiger partial charge < -0.3 is 4.74 Å². The molecule has 0 saturated carbocycles. The number of hydrogen-bond acceptors (Lipinski definition) is 4. The topological polar surface area (TPSA) is 56.5 Å². The minimum absolute atomic E-state index is 0.0159. The smallest absolute Gasteiger partial charge is 0.261 e. The number of aromatic nitrogens is 2. The van der Waals surface area contributed by atoms with Crippen LogP contribution < -0.4 is 5.56 Å². The molecular weight excluding hydrogens is 338 g/mol. The molecule has 136 valence electrons. The summed E-state index contributed by atoms with van der Waals surface area (Å²) in [7, 11) is 3.36. The Kier molecular flexibility index (Phi) is 5.86. The molecule has 0 amide bonds. The third kappa shape index (κ3) is 4.16. The van der Waals surface area contributed by atoms with Gasteiger partial charge in [-0.2, -0.15) is 0 Å². The van der Waals surface area contributed by atoms with Crippen LogP contribution in [0.4, 0.5) is 0 Å². The van der Waals surface area contributed by atoms with Crippen LogP contribution in [0, 0.1) is 30.1 Å². The van der Waals surface area contributed by atoms with Crippen LogP contribution in [0.3, 0.4) is 0 Å². The van der Waals surface area contributed by atoms with Crippen LogP contribution in [0.25, 0.3) is 10.9 Å². The lowest BCUT2D eigenvalue weighted by Crippen LogP contribution is -2.21. The van der Waals surface area contributed by atoms with Gasteiger partial charge in [0.1, 0.15) is 11.5 Å². The Labute approximate surface area is 158 Å². The van der Waals surface area contributed by atoms with E-state index in [9.17, 15) is 4.79 Å². The standard InChI is InChI=1S/C22H21N3O2/c1-4-5-6-18(23-2)9-7-16-8-10-19-20(13-16)24-21-14-17(11-12-27-3)15-25(21)22(19)26/h1,5-6,8,10,13,17H,11-12,14-15H2,2-3H3/b6-5-,23-18?. The van der Waals surface area contributed by atoms with E-state index in [1.165, 1.54) is 0 Å². The maximum absolute atomic E-state index is 12.8. The zero-order valence-electron chi connectivity index (χ0n) is 15.5.